The molecule has 2 atom stereocenters. The minimum atomic E-state index is -1.03. The Morgan fingerprint density at radius 1 is 0.532 bits per heavy atom. The summed E-state index contributed by atoms with van der Waals surface area (Å²) < 4.78 is 39.3. The van der Waals surface area contributed by atoms with E-state index in [0.29, 0.717) is 104 Å². The van der Waals surface area contributed by atoms with Crippen LogP contribution in [-0.2, 0) is 42.8 Å². The molecule has 4 rings (SSSR count). The molecular weight excluding hydrogens is 985 g/mol. The molecule has 17 heteroatoms. The summed E-state index contributed by atoms with van der Waals surface area (Å²) in [6.07, 6.45) is 10.6. The van der Waals surface area contributed by atoms with Gasteiger partial charge in [-0.1, -0.05) is 87.1 Å². The van der Waals surface area contributed by atoms with E-state index in [1.807, 2.05) is 65.8 Å². The van der Waals surface area contributed by atoms with Crippen molar-refractivity contribution in [3.05, 3.63) is 89.5 Å². The van der Waals surface area contributed by atoms with E-state index in [-0.39, 0.29) is 43.2 Å². The lowest BCUT2D eigenvalue weighted by Gasteiger charge is -2.25. The molecule has 0 aliphatic heterocycles. The summed E-state index contributed by atoms with van der Waals surface area (Å²) in [5.41, 5.74) is 4.06. The maximum atomic E-state index is 13.1. The molecule has 17 nitrogen and oxygen atoms in total. The number of alkyl carbamates (subject to hydrolysis) is 1. The van der Waals surface area contributed by atoms with Gasteiger partial charge < -0.3 is 59.5 Å². The van der Waals surface area contributed by atoms with Gasteiger partial charge in [-0.05, 0) is 146 Å². The Hall–Kier alpha value is -5.59. The molecule has 1 aliphatic rings. The number of carbonyl (C=O) groups excluding carboxylic acids is 4. The van der Waals surface area contributed by atoms with Crippen LogP contribution in [0, 0.1) is 0 Å². The highest BCUT2D eigenvalue weighted by Crippen LogP contribution is 2.44. The molecule has 3 aromatic carbocycles. The fraction of sp³-hybridized carbons (Fsp3) is 0.617. The van der Waals surface area contributed by atoms with Crippen LogP contribution in [0.5, 0.6) is 5.75 Å². The number of esters is 2. The Morgan fingerprint density at radius 2 is 1.05 bits per heavy atom. The van der Waals surface area contributed by atoms with E-state index in [4.69, 9.17) is 33.2 Å². The number of hydrogen-bond donors (Lipinski definition) is 5. The van der Waals surface area contributed by atoms with Crippen molar-refractivity contribution in [2.24, 2.45) is 0 Å². The van der Waals surface area contributed by atoms with Crippen LogP contribution >= 0.6 is 0 Å². The van der Waals surface area contributed by atoms with Gasteiger partial charge in [0, 0.05) is 38.6 Å². The number of amides is 2. The van der Waals surface area contributed by atoms with Crippen molar-refractivity contribution in [2.75, 3.05) is 79.0 Å². The molecule has 2 amide bonds. The van der Waals surface area contributed by atoms with Crippen LogP contribution in [0.2, 0.25) is 0 Å². The Labute approximate surface area is 457 Å². The van der Waals surface area contributed by atoms with Gasteiger partial charge in [0.05, 0.1) is 38.6 Å². The number of unbranched alkanes of at least 4 members (excludes halogenated alkanes) is 7. The molecule has 0 spiro atoms. The van der Waals surface area contributed by atoms with Gasteiger partial charge in [-0.15, -0.1) is 0 Å². The van der Waals surface area contributed by atoms with Gasteiger partial charge in [0.15, 0.2) is 0 Å². The largest absolute Gasteiger partial charge is 0.494 e. The van der Waals surface area contributed by atoms with E-state index >= 15 is 0 Å². The first kappa shape index (κ1) is 63.9. The third kappa shape index (κ3) is 27.0. The fourth-order valence-corrected chi connectivity index (χ4v) is 8.67. The quantitative estimate of drug-likeness (QED) is 0.0203. The van der Waals surface area contributed by atoms with Gasteiger partial charge in [0.1, 0.15) is 35.6 Å². The average Bonchev–Trinajstić information content (AvgIpc) is 3.77. The molecule has 0 bridgehead atoms. The van der Waals surface area contributed by atoms with Gasteiger partial charge in [-0.25, -0.2) is 9.59 Å². The topological polar surface area (TPSA) is 218 Å². The van der Waals surface area contributed by atoms with Crippen molar-refractivity contribution in [1.29, 1.82) is 0 Å². The summed E-state index contributed by atoms with van der Waals surface area (Å²) in [6.45, 7) is 16.4. The summed E-state index contributed by atoms with van der Waals surface area (Å²) in [5.74, 6) is -1.17. The molecule has 428 valence electrons. The molecule has 0 radical (unpaired) electrons. The van der Waals surface area contributed by atoms with Crippen LogP contribution in [0.25, 0.3) is 11.1 Å². The Kier molecular flexibility index (Phi) is 29.7. The van der Waals surface area contributed by atoms with Crippen molar-refractivity contribution in [3.63, 3.8) is 0 Å². The van der Waals surface area contributed by atoms with E-state index in [2.05, 4.69) is 45.5 Å². The summed E-state index contributed by atoms with van der Waals surface area (Å²) in [7, 11) is 0. The number of aliphatic carboxylic acids is 1. The van der Waals surface area contributed by atoms with Crippen molar-refractivity contribution >= 4 is 29.9 Å². The second-order valence-electron chi connectivity index (χ2n) is 21.4. The predicted molar refractivity (Wildman–Crippen MR) is 297 cm³/mol. The Morgan fingerprint density at radius 3 is 1.64 bits per heavy atom. The number of carboxylic acids is 1. The number of rotatable bonds is 40. The number of hydrogen-bond acceptors (Lipinski definition) is 14. The van der Waals surface area contributed by atoms with E-state index < -0.39 is 35.3 Å². The third-order valence-corrected chi connectivity index (χ3v) is 12.5. The molecule has 0 saturated carbocycles. The monoisotopic (exact) mass is 1070 g/mol. The van der Waals surface area contributed by atoms with Gasteiger partial charge >= 0.3 is 24.0 Å². The smallest absolute Gasteiger partial charge is 0.407 e. The maximum Gasteiger partial charge on any atom is 0.407 e. The highest BCUT2D eigenvalue weighted by Gasteiger charge is 2.29. The minimum Gasteiger partial charge on any atom is -0.494 e. The Balaban J connectivity index is 0.930. The standard InChI is InChI=1S/C60H90N4O13/c1-59(2,3)76-56(68)45-27-29-46(30-28-45)74-39-18-12-10-8-7-9-11-17-33-62-53(57(69)77-60(4,5)6)26-19-34-61-52(55(66)67)31-32-54(65)63-35-20-37-71-40-42-73-43-41-72-38-21-36-64-58(70)75-44-51-49-24-15-13-22-47(49)48-23-14-16-25-50(48)51/h13-16,22-25,27-30,51-53,61-62H,7-12,17-21,26,31-44H2,1-6H3,(H,63,65)(H,64,70)(H,66,67)/t52-,53-/m0/s1. The number of benzene rings is 3. The zero-order chi connectivity index (χ0) is 55.7. The summed E-state index contributed by atoms with van der Waals surface area (Å²) >= 11 is 0. The molecule has 0 aromatic heterocycles. The molecule has 77 heavy (non-hydrogen) atoms. The average molecular weight is 1080 g/mol. The number of carbonyl (C=O) groups is 5. The van der Waals surface area contributed by atoms with Crippen LogP contribution in [0.4, 0.5) is 4.79 Å². The third-order valence-electron chi connectivity index (χ3n) is 12.5. The van der Waals surface area contributed by atoms with Crippen molar-refractivity contribution in [1.82, 2.24) is 21.3 Å². The Bertz CT molecular complexity index is 2150. The highest BCUT2D eigenvalue weighted by molar-refractivity contribution is 5.89. The number of nitrogens with one attached hydrogen (secondary N) is 4. The molecule has 0 fully saturated rings. The van der Waals surface area contributed by atoms with E-state index in [1.165, 1.54) is 22.3 Å². The lowest BCUT2D eigenvalue weighted by molar-refractivity contribution is -0.157. The normalized spacial score (nSPS) is 13.0. The first-order valence-corrected chi connectivity index (χ1v) is 28.0. The van der Waals surface area contributed by atoms with Crippen LogP contribution in [0.1, 0.15) is 159 Å². The molecular formula is C60H90N4O13. The number of ether oxygens (including phenoxy) is 7. The zero-order valence-electron chi connectivity index (χ0n) is 46.9. The van der Waals surface area contributed by atoms with E-state index in [1.54, 1.807) is 24.3 Å². The lowest BCUT2D eigenvalue weighted by atomic mass is 9.98. The fourth-order valence-electron chi connectivity index (χ4n) is 8.67. The van der Waals surface area contributed by atoms with Crippen LogP contribution < -0.4 is 26.0 Å². The van der Waals surface area contributed by atoms with Crippen molar-refractivity contribution in [3.8, 4) is 16.9 Å². The molecule has 3 aromatic rings. The maximum absolute atomic E-state index is 13.1. The van der Waals surface area contributed by atoms with Gasteiger partial charge in [0.2, 0.25) is 5.91 Å². The second kappa shape index (κ2) is 35.7. The first-order valence-electron chi connectivity index (χ1n) is 28.0. The first-order chi connectivity index (χ1) is 37.0. The van der Waals surface area contributed by atoms with Gasteiger partial charge in [-0.3, -0.25) is 14.4 Å². The summed E-state index contributed by atoms with van der Waals surface area (Å²) in [4.78, 5) is 62.2. The zero-order valence-corrected chi connectivity index (χ0v) is 46.9. The molecule has 1 aliphatic carbocycles. The van der Waals surface area contributed by atoms with Gasteiger partial charge in [-0.2, -0.15) is 0 Å². The van der Waals surface area contributed by atoms with Crippen LogP contribution in [0.3, 0.4) is 0 Å². The molecule has 5 N–H and O–H groups in total. The summed E-state index contributed by atoms with van der Waals surface area (Å²) in [6, 6.07) is 22.1. The lowest BCUT2D eigenvalue weighted by Crippen LogP contribution is -2.43. The van der Waals surface area contributed by atoms with E-state index in [0.717, 1.165) is 57.1 Å². The predicted octanol–water partition coefficient (Wildman–Crippen LogP) is 9.53. The second-order valence-corrected chi connectivity index (χ2v) is 21.4. The van der Waals surface area contributed by atoms with E-state index in [9.17, 15) is 29.1 Å². The molecule has 0 saturated heterocycles. The van der Waals surface area contributed by atoms with Crippen molar-refractivity contribution in [2.45, 2.75) is 161 Å². The molecule has 0 heterocycles. The van der Waals surface area contributed by atoms with Crippen LogP contribution in [0.15, 0.2) is 72.8 Å². The van der Waals surface area contributed by atoms with Gasteiger partial charge in [0.25, 0.3) is 0 Å². The van der Waals surface area contributed by atoms with Crippen molar-refractivity contribution < 1.29 is 62.2 Å². The number of carboxylic acid groups (broad SMARTS) is 1. The highest BCUT2D eigenvalue weighted by atomic mass is 16.6. The molecule has 0 unspecified atom stereocenters. The SMILES string of the molecule is CC(C)(C)OC(=O)c1ccc(OCCCCCCCCCCN[C@@H](CCCN[C@@H](CCC(=O)NCCCOCCOCCOCCCNC(=O)OCC2c3ccccc3-c3ccccc32)C(=O)O)C(=O)OC(C)(C)C)cc1. The number of fused-ring (bicyclic) bond motifs is 3. The minimum absolute atomic E-state index is 0.0200. The summed E-state index contributed by atoms with van der Waals surface area (Å²) in [5, 5.41) is 21.9. The van der Waals surface area contributed by atoms with Crippen LogP contribution in [-0.4, -0.2) is 137 Å².